The molecule has 1 aliphatic carbocycles. The highest BCUT2D eigenvalue weighted by Gasteiger charge is 2.43. The lowest BCUT2D eigenvalue weighted by molar-refractivity contribution is 0.101. The molecular weight excluding hydrogens is 349 g/mol. The van der Waals surface area contributed by atoms with Crippen molar-refractivity contribution in [1.29, 1.82) is 0 Å². The van der Waals surface area contributed by atoms with Crippen molar-refractivity contribution in [3.63, 3.8) is 0 Å². The number of alkyl halides is 1. The number of fused-ring (bicyclic) bond motifs is 1. The first-order valence-corrected chi connectivity index (χ1v) is 9.04. The van der Waals surface area contributed by atoms with Crippen molar-refractivity contribution >= 4 is 11.6 Å². The molecule has 1 fully saturated rings. The first-order valence-electron chi connectivity index (χ1n) is 9.04. The van der Waals surface area contributed by atoms with E-state index in [-0.39, 0.29) is 11.8 Å². The Balaban J connectivity index is 1.40. The van der Waals surface area contributed by atoms with E-state index < -0.39 is 6.17 Å². The third-order valence-electron chi connectivity index (χ3n) is 5.17. The Morgan fingerprint density at radius 3 is 3.07 bits per heavy atom. The summed E-state index contributed by atoms with van der Waals surface area (Å²) < 4.78 is 20.3. The van der Waals surface area contributed by atoms with Crippen molar-refractivity contribution in [2.24, 2.45) is 0 Å². The molecule has 138 valence electrons. The van der Waals surface area contributed by atoms with Crippen LogP contribution in [0.15, 0.2) is 28.9 Å². The van der Waals surface area contributed by atoms with Crippen LogP contribution in [0.1, 0.15) is 46.5 Å². The van der Waals surface area contributed by atoms with Gasteiger partial charge in [-0.2, -0.15) is 4.98 Å². The highest BCUT2D eigenvalue weighted by Crippen LogP contribution is 2.43. The van der Waals surface area contributed by atoms with E-state index >= 15 is 0 Å². The highest BCUT2D eigenvalue weighted by molar-refractivity contribution is 6.03. The van der Waals surface area contributed by atoms with E-state index in [1.165, 1.54) is 0 Å². The van der Waals surface area contributed by atoms with Gasteiger partial charge in [0.2, 0.25) is 11.7 Å². The Morgan fingerprint density at radius 1 is 1.41 bits per heavy atom. The molecule has 8 heteroatoms. The van der Waals surface area contributed by atoms with E-state index in [0.717, 1.165) is 30.8 Å². The average molecular weight is 367 g/mol. The number of amides is 1. The summed E-state index contributed by atoms with van der Waals surface area (Å²) in [5, 5.41) is 6.91. The molecule has 2 aliphatic rings. The van der Waals surface area contributed by atoms with E-state index in [1.807, 2.05) is 29.7 Å². The van der Waals surface area contributed by atoms with Crippen LogP contribution in [0.25, 0.3) is 11.4 Å². The molecule has 1 aliphatic heterocycles. The summed E-state index contributed by atoms with van der Waals surface area (Å²) >= 11 is 0. The maximum Gasteiger partial charge on any atom is 0.273 e. The number of aromatic nitrogens is 4. The summed E-state index contributed by atoms with van der Waals surface area (Å²) in [4.78, 5) is 21.3. The van der Waals surface area contributed by atoms with Gasteiger partial charge in [-0.25, -0.2) is 9.37 Å². The first kappa shape index (κ1) is 16.2. The number of halogens is 1. The molecule has 2 aromatic heterocycles. The minimum Gasteiger partial charge on any atom is -0.339 e. The molecule has 0 saturated heterocycles. The molecule has 1 N–H and O–H groups in total. The van der Waals surface area contributed by atoms with Crippen molar-refractivity contribution in [2.45, 2.75) is 44.8 Å². The maximum atomic E-state index is 13.2. The van der Waals surface area contributed by atoms with Gasteiger partial charge in [0.05, 0.1) is 12.1 Å². The van der Waals surface area contributed by atoms with Gasteiger partial charge in [0.1, 0.15) is 17.7 Å². The van der Waals surface area contributed by atoms with Crippen LogP contribution in [0.5, 0.6) is 0 Å². The number of benzene rings is 1. The number of aryl methyl sites for hydroxylation is 2. The summed E-state index contributed by atoms with van der Waals surface area (Å²) in [6.45, 7) is 2.74. The fourth-order valence-electron chi connectivity index (χ4n) is 3.44. The van der Waals surface area contributed by atoms with Crippen LogP contribution in [0.4, 0.5) is 10.1 Å². The van der Waals surface area contributed by atoms with Crippen molar-refractivity contribution < 1.29 is 13.7 Å². The molecule has 1 saturated carbocycles. The second-order valence-electron chi connectivity index (χ2n) is 7.11. The zero-order valence-electron chi connectivity index (χ0n) is 14.8. The molecule has 3 aromatic rings. The van der Waals surface area contributed by atoms with Crippen molar-refractivity contribution in [3.05, 3.63) is 47.4 Å². The number of carbonyl (C=O) groups is 1. The molecule has 1 amide bonds. The van der Waals surface area contributed by atoms with Gasteiger partial charge in [-0.3, -0.25) is 4.79 Å². The lowest BCUT2D eigenvalue weighted by atomic mass is 10.1. The van der Waals surface area contributed by atoms with Gasteiger partial charge in [0, 0.05) is 24.2 Å². The van der Waals surface area contributed by atoms with Crippen LogP contribution >= 0.6 is 0 Å². The third kappa shape index (κ3) is 2.81. The van der Waals surface area contributed by atoms with E-state index in [4.69, 9.17) is 4.52 Å². The number of rotatable bonds is 4. The Kier molecular flexibility index (Phi) is 3.60. The number of carbonyl (C=O) groups excluding carboxylic acids is 1. The van der Waals surface area contributed by atoms with Gasteiger partial charge in [0.25, 0.3) is 5.91 Å². The van der Waals surface area contributed by atoms with Crippen LogP contribution < -0.4 is 5.32 Å². The summed E-state index contributed by atoms with van der Waals surface area (Å²) in [6.07, 6.45) is 3.09. The van der Waals surface area contributed by atoms with Gasteiger partial charge in [0.15, 0.2) is 0 Å². The van der Waals surface area contributed by atoms with Crippen molar-refractivity contribution in [1.82, 2.24) is 19.7 Å². The van der Waals surface area contributed by atoms with Crippen molar-refractivity contribution in [3.8, 4) is 11.4 Å². The molecule has 7 nitrogen and oxygen atoms in total. The molecule has 2 atom stereocenters. The summed E-state index contributed by atoms with van der Waals surface area (Å²) in [6, 6.07) is 5.55. The maximum absolute atomic E-state index is 13.2. The lowest BCUT2D eigenvalue weighted by Gasteiger charge is -2.10. The molecule has 0 bridgehead atoms. The standard InChI is InChI=1S/C19H18FN5O2/c1-10-4-5-11(17-23-19(27-24-17)12-8-13(12)20)7-14(10)22-18(26)15-9-21-16-3-2-6-25(15)16/h4-5,7,9,12-13H,2-3,6,8H2,1H3,(H,22,26)/t12-,13-/m0/s1. The molecule has 27 heavy (non-hydrogen) atoms. The Labute approximate surface area is 154 Å². The first-order chi connectivity index (χ1) is 13.1. The summed E-state index contributed by atoms with van der Waals surface area (Å²) in [7, 11) is 0. The van der Waals surface area contributed by atoms with Gasteiger partial charge in [-0.1, -0.05) is 17.3 Å². The van der Waals surface area contributed by atoms with Crippen molar-refractivity contribution in [2.75, 3.05) is 5.32 Å². The lowest BCUT2D eigenvalue weighted by Crippen LogP contribution is -2.17. The number of nitrogens with one attached hydrogen (secondary N) is 1. The van der Waals surface area contributed by atoms with E-state index in [9.17, 15) is 9.18 Å². The molecule has 3 heterocycles. The topological polar surface area (TPSA) is 85.8 Å². The predicted molar refractivity (Wildman–Crippen MR) is 95.2 cm³/mol. The van der Waals surface area contributed by atoms with Gasteiger partial charge in [-0.15, -0.1) is 0 Å². The largest absolute Gasteiger partial charge is 0.339 e. The number of hydrogen-bond acceptors (Lipinski definition) is 5. The molecule has 0 unspecified atom stereocenters. The summed E-state index contributed by atoms with van der Waals surface area (Å²) in [5.74, 6) is 1.21. The number of anilines is 1. The van der Waals surface area contributed by atoms with Crippen LogP contribution in [0, 0.1) is 6.92 Å². The Morgan fingerprint density at radius 2 is 2.26 bits per heavy atom. The highest BCUT2D eigenvalue weighted by atomic mass is 19.1. The molecule has 0 radical (unpaired) electrons. The SMILES string of the molecule is Cc1ccc(-c2noc([C@H]3C[C@@H]3F)n2)cc1NC(=O)c1cnc2n1CCC2. The molecule has 0 spiro atoms. The normalized spacial score (nSPS) is 20.5. The quantitative estimate of drug-likeness (QED) is 0.765. The zero-order valence-corrected chi connectivity index (χ0v) is 14.8. The third-order valence-corrected chi connectivity index (χ3v) is 5.17. The van der Waals surface area contributed by atoms with Gasteiger partial charge >= 0.3 is 0 Å². The van der Waals surface area contributed by atoms with Crippen LogP contribution in [0.2, 0.25) is 0 Å². The van der Waals surface area contributed by atoms with E-state index in [1.54, 1.807) is 6.20 Å². The number of nitrogens with zero attached hydrogens (tertiary/aromatic N) is 4. The van der Waals surface area contributed by atoms with Gasteiger partial charge < -0.3 is 14.4 Å². The van der Waals surface area contributed by atoms with Crippen LogP contribution in [-0.2, 0) is 13.0 Å². The molecular formula is C19H18FN5O2. The molecule has 5 rings (SSSR count). The Bertz CT molecular complexity index is 1040. The minimum atomic E-state index is -0.886. The second-order valence-corrected chi connectivity index (χ2v) is 7.11. The van der Waals surface area contributed by atoms with E-state index in [2.05, 4.69) is 20.4 Å². The molecule has 1 aromatic carbocycles. The fraction of sp³-hybridized carbons (Fsp3) is 0.368. The van der Waals surface area contributed by atoms with Crippen LogP contribution in [-0.4, -0.2) is 31.8 Å². The smallest absolute Gasteiger partial charge is 0.273 e. The van der Waals surface area contributed by atoms with E-state index in [0.29, 0.717) is 35.1 Å². The monoisotopic (exact) mass is 367 g/mol. The van der Waals surface area contributed by atoms with Crippen LogP contribution in [0.3, 0.4) is 0 Å². The number of imidazole rings is 1. The van der Waals surface area contributed by atoms with Gasteiger partial charge in [-0.05, 0) is 31.4 Å². The minimum absolute atomic E-state index is 0.192. The number of hydrogen-bond donors (Lipinski definition) is 1. The predicted octanol–water partition coefficient (Wildman–Crippen LogP) is 3.27. The second kappa shape index (κ2) is 6.00. The average Bonchev–Trinajstić information content (AvgIpc) is 3.08. The fourth-order valence-corrected chi connectivity index (χ4v) is 3.44. The zero-order chi connectivity index (χ0) is 18.5. The summed E-state index contributed by atoms with van der Waals surface area (Å²) in [5.41, 5.74) is 2.87. The Hall–Kier alpha value is -3.03.